The Labute approximate surface area is 115 Å². The van der Waals surface area contributed by atoms with Gasteiger partial charge in [0.1, 0.15) is 0 Å². The van der Waals surface area contributed by atoms with Gasteiger partial charge in [0.2, 0.25) is 5.95 Å². The number of aromatic nitrogens is 3. The largest absolute Gasteiger partial charge is 0.481 e. The van der Waals surface area contributed by atoms with Gasteiger partial charge >= 0.3 is 5.97 Å². The summed E-state index contributed by atoms with van der Waals surface area (Å²) < 4.78 is 1.93. The summed E-state index contributed by atoms with van der Waals surface area (Å²) in [6.07, 6.45) is 3.43. The van der Waals surface area contributed by atoms with E-state index in [-0.39, 0.29) is 11.8 Å². The number of hydrogen-bond donors (Lipinski definition) is 2. The molecule has 2 atom stereocenters. The molecule has 2 unspecified atom stereocenters. The summed E-state index contributed by atoms with van der Waals surface area (Å²) in [4.78, 5) is 13.2. The number of nitrogen functional groups attached to an aromatic ring is 1. The Morgan fingerprint density at radius 2 is 2.21 bits per heavy atom. The first-order valence-corrected chi connectivity index (χ1v) is 7.44. The predicted molar refractivity (Wildman–Crippen MR) is 71.0 cm³/mol. The van der Waals surface area contributed by atoms with Gasteiger partial charge in [-0.1, -0.05) is 11.8 Å². The Bertz CT molecular complexity index is 491. The van der Waals surface area contributed by atoms with Gasteiger partial charge in [0.15, 0.2) is 5.16 Å². The van der Waals surface area contributed by atoms with Crippen LogP contribution in [0.4, 0.5) is 5.95 Å². The van der Waals surface area contributed by atoms with Crippen LogP contribution in [0, 0.1) is 0 Å². The van der Waals surface area contributed by atoms with Gasteiger partial charge in [-0.05, 0) is 25.8 Å². The second kappa shape index (κ2) is 5.01. The summed E-state index contributed by atoms with van der Waals surface area (Å²) in [5.41, 5.74) is 5.92. The highest BCUT2D eigenvalue weighted by Crippen LogP contribution is 2.38. The van der Waals surface area contributed by atoms with Crippen molar-refractivity contribution >= 4 is 23.7 Å². The van der Waals surface area contributed by atoms with Crippen molar-refractivity contribution in [3.8, 4) is 0 Å². The summed E-state index contributed by atoms with van der Waals surface area (Å²) >= 11 is 1.19. The standard InChI is InChI=1S/C11H17N5O2S/c12-10-13-14-11(19-6-9(17)18)16(10)8-3-5-15-4-1-2-7(8)15/h7-8H,1-6H2,(H2,12,13)(H,17,18). The molecule has 0 spiro atoms. The van der Waals surface area contributed by atoms with Gasteiger partial charge in [-0.25, -0.2) is 0 Å². The molecule has 19 heavy (non-hydrogen) atoms. The number of anilines is 1. The van der Waals surface area contributed by atoms with Crippen molar-refractivity contribution in [2.75, 3.05) is 24.6 Å². The van der Waals surface area contributed by atoms with Gasteiger partial charge < -0.3 is 10.8 Å². The second-order valence-corrected chi connectivity index (χ2v) is 5.94. The molecule has 0 radical (unpaired) electrons. The average molecular weight is 283 g/mol. The monoisotopic (exact) mass is 283 g/mol. The molecule has 1 aromatic rings. The Hall–Kier alpha value is -1.28. The molecule has 7 nitrogen and oxygen atoms in total. The first kappa shape index (κ1) is 12.7. The van der Waals surface area contributed by atoms with Crippen molar-refractivity contribution in [3.63, 3.8) is 0 Å². The molecule has 3 N–H and O–H groups in total. The van der Waals surface area contributed by atoms with Crippen LogP contribution < -0.4 is 5.73 Å². The van der Waals surface area contributed by atoms with Crippen molar-refractivity contribution in [1.82, 2.24) is 19.7 Å². The quantitative estimate of drug-likeness (QED) is 0.774. The van der Waals surface area contributed by atoms with E-state index >= 15 is 0 Å². The maximum absolute atomic E-state index is 10.7. The topological polar surface area (TPSA) is 97.3 Å². The molecule has 2 aliphatic heterocycles. The van der Waals surface area contributed by atoms with Gasteiger partial charge in [-0.2, -0.15) is 0 Å². The third-order valence-corrected chi connectivity index (χ3v) is 4.85. The number of carboxylic acid groups (broad SMARTS) is 1. The third kappa shape index (κ3) is 2.30. The fraction of sp³-hybridized carbons (Fsp3) is 0.727. The van der Waals surface area contributed by atoms with Crippen molar-refractivity contribution in [3.05, 3.63) is 0 Å². The first-order valence-electron chi connectivity index (χ1n) is 6.46. The van der Waals surface area contributed by atoms with Crippen molar-refractivity contribution in [2.45, 2.75) is 36.5 Å². The zero-order chi connectivity index (χ0) is 13.4. The van der Waals surface area contributed by atoms with E-state index < -0.39 is 5.97 Å². The predicted octanol–water partition coefficient (Wildman–Crippen LogP) is 0.446. The first-order chi connectivity index (χ1) is 9.16. The minimum absolute atomic E-state index is 0.0146. The molecule has 0 aromatic carbocycles. The maximum atomic E-state index is 10.7. The molecule has 104 valence electrons. The average Bonchev–Trinajstić information content (AvgIpc) is 3.02. The molecule has 1 aromatic heterocycles. The summed E-state index contributed by atoms with van der Waals surface area (Å²) in [5, 5.41) is 17.3. The molecule has 0 bridgehead atoms. The Balaban J connectivity index is 1.83. The lowest BCUT2D eigenvalue weighted by Gasteiger charge is -2.22. The van der Waals surface area contributed by atoms with Crippen LogP contribution in [-0.4, -0.2) is 55.6 Å². The number of aliphatic carboxylic acids is 1. The molecule has 0 saturated carbocycles. The highest BCUT2D eigenvalue weighted by atomic mass is 32.2. The normalized spacial score (nSPS) is 26.7. The summed E-state index contributed by atoms with van der Waals surface area (Å²) in [5.74, 6) is -0.474. The van der Waals surface area contributed by atoms with Crippen LogP contribution in [-0.2, 0) is 4.79 Å². The Morgan fingerprint density at radius 1 is 1.37 bits per heavy atom. The van der Waals surface area contributed by atoms with Gasteiger partial charge in [0, 0.05) is 12.6 Å². The van der Waals surface area contributed by atoms with E-state index in [1.54, 1.807) is 0 Å². The summed E-state index contributed by atoms with van der Waals surface area (Å²) in [6, 6.07) is 0.788. The lowest BCUT2D eigenvalue weighted by atomic mass is 10.1. The molecule has 0 aliphatic carbocycles. The highest BCUT2D eigenvalue weighted by Gasteiger charge is 2.39. The van der Waals surface area contributed by atoms with Gasteiger partial charge in [-0.3, -0.25) is 14.3 Å². The lowest BCUT2D eigenvalue weighted by molar-refractivity contribution is -0.133. The fourth-order valence-corrected chi connectivity index (χ4v) is 3.90. The summed E-state index contributed by atoms with van der Waals surface area (Å²) in [7, 11) is 0. The highest BCUT2D eigenvalue weighted by molar-refractivity contribution is 7.99. The molecule has 8 heteroatoms. The molecule has 2 saturated heterocycles. The van der Waals surface area contributed by atoms with Crippen molar-refractivity contribution < 1.29 is 9.90 Å². The van der Waals surface area contributed by atoms with Crippen LogP contribution in [0.3, 0.4) is 0 Å². The fourth-order valence-electron chi connectivity index (χ4n) is 3.18. The van der Waals surface area contributed by atoms with Crippen LogP contribution in [0.25, 0.3) is 0 Å². The lowest BCUT2D eigenvalue weighted by Crippen LogP contribution is -2.28. The number of nitrogens with two attached hydrogens (primary N) is 1. The zero-order valence-corrected chi connectivity index (χ0v) is 11.3. The molecule has 3 rings (SSSR count). The Morgan fingerprint density at radius 3 is 3.00 bits per heavy atom. The number of carboxylic acids is 1. The SMILES string of the molecule is Nc1nnc(SCC(=O)O)n1C1CCN2CCCC12. The van der Waals surface area contributed by atoms with E-state index in [9.17, 15) is 4.79 Å². The van der Waals surface area contributed by atoms with E-state index in [1.807, 2.05) is 4.57 Å². The van der Waals surface area contributed by atoms with E-state index in [0.717, 1.165) is 19.5 Å². The number of thioether (sulfide) groups is 1. The molecule has 3 heterocycles. The molecule has 0 amide bonds. The minimum Gasteiger partial charge on any atom is -0.481 e. The Kier molecular flexibility index (Phi) is 3.36. The smallest absolute Gasteiger partial charge is 0.313 e. The molecule has 2 fully saturated rings. The number of rotatable bonds is 4. The van der Waals surface area contributed by atoms with Crippen LogP contribution >= 0.6 is 11.8 Å². The van der Waals surface area contributed by atoms with Gasteiger partial charge in [-0.15, -0.1) is 10.2 Å². The van der Waals surface area contributed by atoms with Crippen LogP contribution in [0.2, 0.25) is 0 Å². The van der Waals surface area contributed by atoms with Crippen LogP contribution in [0.15, 0.2) is 5.16 Å². The number of nitrogens with zero attached hydrogens (tertiary/aromatic N) is 4. The van der Waals surface area contributed by atoms with Crippen molar-refractivity contribution in [1.29, 1.82) is 0 Å². The van der Waals surface area contributed by atoms with Gasteiger partial charge in [0.25, 0.3) is 0 Å². The van der Waals surface area contributed by atoms with E-state index in [2.05, 4.69) is 15.1 Å². The minimum atomic E-state index is -0.855. The van der Waals surface area contributed by atoms with E-state index in [4.69, 9.17) is 10.8 Å². The van der Waals surface area contributed by atoms with E-state index in [0.29, 0.717) is 17.1 Å². The van der Waals surface area contributed by atoms with E-state index in [1.165, 1.54) is 24.6 Å². The zero-order valence-electron chi connectivity index (χ0n) is 10.5. The van der Waals surface area contributed by atoms with Crippen molar-refractivity contribution in [2.24, 2.45) is 0 Å². The second-order valence-electron chi connectivity index (χ2n) is 4.99. The number of fused-ring (bicyclic) bond motifs is 1. The number of hydrogen-bond acceptors (Lipinski definition) is 6. The van der Waals surface area contributed by atoms with Gasteiger partial charge in [0.05, 0.1) is 11.8 Å². The third-order valence-electron chi connectivity index (χ3n) is 3.92. The van der Waals surface area contributed by atoms with Crippen LogP contribution in [0.1, 0.15) is 25.3 Å². The maximum Gasteiger partial charge on any atom is 0.313 e. The molecular weight excluding hydrogens is 266 g/mol. The molecule has 2 aliphatic rings. The number of carbonyl (C=O) groups is 1. The molecular formula is C11H17N5O2S. The van der Waals surface area contributed by atoms with Crippen LogP contribution in [0.5, 0.6) is 0 Å². The summed E-state index contributed by atoms with van der Waals surface area (Å²) in [6.45, 7) is 2.23.